The molecule has 0 unspecified atom stereocenters. The number of allylic oxidation sites excluding steroid dienone is 3. The minimum atomic E-state index is -0.596. The van der Waals surface area contributed by atoms with E-state index in [-0.39, 0.29) is 28.5 Å². The van der Waals surface area contributed by atoms with Crippen LogP contribution in [0.25, 0.3) is 10.9 Å². The molecule has 166 valence electrons. The zero-order valence-electron chi connectivity index (χ0n) is 18.6. The van der Waals surface area contributed by atoms with E-state index in [1.54, 1.807) is 6.07 Å². The van der Waals surface area contributed by atoms with Gasteiger partial charge < -0.3 is 15.0 Å². The van der Waals surface area contributed by atoms with E-state index in [4.69, 9.17) is 10.5 Å². The van der Waals surface area contributed by atoms with Crippen molar-refractivity contribution in [2.24, 2.45) is 11.1 Å². The van der Waals surface area contributed by atoms with E-state index in [0.29, 0.717) is 30.7 Å². The maximum absolute atomic E-state index is 13.8. The van der Waals surface area contributed by atoms with E-state index in [2.05, 4.69) is 6.07 Å². The van der Waals surface area contributed by atoms with Gasteiger partial charge in [-0.1, -0.05) is 44.2 Å². The van der Waals surface area contributed by atoms with Gasteiger partial charge in [0.15, 0.2) is 5.78 Å². The molecule has 0 bridgehead atoms. The van der Waals surface area contributed by atoms with Crippen LogP contribution in [-0.4, -0.2) is 10.4 Å². The number of carbonyl (C=O) groups excluding carboxylic acids is 1. The highest BCUT2D eigenvalue weighted by Gasteiger charge is 2.43. The molecule has 2 N–H and O–H groups in total. The van der Waals surface area contributed by atoms with Crippen molar-refractivity contribution in [3.05, 3.63) is 94.5 Å². The van der Waals surface area contributed by atoms with Crippen LogP contribution in [0, 0.1) is 22.6 Å². The Labute approximate surface area is 191 Å². The first kappa shape index (κ1) is 21.0. The summed E-state index contributed by atoms with van der Waals surface area (Å²) in [5, 5.41) is 10.9. The summed E-state index contributed by atoms with van der Waals surface area (Å²) in [5.41, 5.74) is 9.30. The lowest BCUT2D eigenvalue weighted by Crippen LogP contribution is -2.33. The molecular formula is C27H24FN3O2. The summed E-state index contributed by atoms with van der Waals surface area (Å²) in [6.45, 7) is 4.50. The molecule has 1 atom stereocenters. The van der Waals surface area contributed by atoms with Gasteiger partial charge >= 0.3 is 0 Å². The number of ketones is 1. The summed E-state index contributed by atoms with van der Waals surface area (Å²) < 4.78 is 21.6. The molecule has 0 saturated heterocycles. The Morgan fingerprint density at radius 3 is 2.76 bits per heavy atom. The highest BCUT2D eigenvalue weighted by Crippen LogP contribution is 2.49. The number of Topliss-reactive ketones (excluding diaryl/α,β-unsaturated/α-hetero) is 1. The van der Waals surface area contributed by atoms with Crippen molar-refractivity contribution in [3.63, 3.8) is 0 Å². The van der Waals surface area contributed by atoms with Crippen LogP contribution in [0.4, 0.5) is 4.39 Å². The number of fused-ring (bicyclic) bond motifs is 1. The van der Waals surface area contributed by atoms with Gasteiger partial charge in [-0.05, 0) is 34.7 Å². The monoisotopic (exact) mass is 441 g/mol. The van der Waals surface area contributed by atoms with Crippen molar-refractivity contribution in [3.8, 4) is 6.07 Å². The van der Waals surface area contributed by atoms with Crippen LogP contribution in [0.2, 0.25) is 0 Å². The number of para-hydroxylation sites is 1. The van der Waals surface area contributed by atoms with Crippen molar-refractivity contribution < 1.29 is 13.9 Å². The average molecular weight is 442 g/mol. The summed E-state index contributed by atoms with van der Waals surface area (Å²) >= 11 is 0. The van der Waals surface area contributed by atoms with E-state index in [1.807, 2.05) is 54.9 Å². The largest absolute Gasteiger partial charge is 0.444 e. The average Bonchev–Trinajstić information content (AvgIpc) is 3.10. The van der Waals surface area contributed by atoms with Gasteiger partial charge in [0.05, 0.1) is 5.92 Å². The SMILES string of the molecule is CC1(C)CC(=O)C2=C(C1)OC(N)=C(C#N)[C@H]2c1cn(Cc2cccc(F)c2)c2ccccc12. The summed E-state index contributed by atoms with van der Waals surface area (Å²) in [6, 6.07) is 16.5. The molecule has 0 saturated carbocycles. The van der Waals surface area contributed by atoms with Crippen molar-refractivity contribution in [2.75, 3.05) is 0 Å². The lowest BCUT2D eigenvalue weighted by atomic mass is 9.70. The predicted molar refractivity (Wildman–Crippen MR) is 123 cm³/mol. The Balaban J connectivity index is 1.70. The first-order valence-corrected chi connectivity index (χ1v) is 10.9. The molecule has 0 spiro atoms. The third-order valence-electron chi connectivity index (χ3n) is 6.45. The van der Waals surface area contributed by atoms with Gasteiger partial charge in [0.1, 0.15) is 23.2 Å². The van der Waals surface area contributed by atoms with Crippen LogP contribution in [0.3, 0.4) is 0 Å². The second-order valence-electron chi connectivity index (χ2n) is 9.56. The first-order chi connectivity index (χ1) is 15.8. The Morgan fingerprint density at radius 1 is 1.21 bits per heavy atom. The van der Waals surface area contributed by atoms with E-state index < -0.39 is 5.92 Å². The number of ether oxygens (including phenoxy) is 1. The van der Waals surface area contributed by atoms with Gasteiger partial charge in [0.2, 0.25) is 5.88 Å². The maximum atomic E-state index is 13.8. The molecular weight excluding hydrogens is 417 g/mol. The van der Waals surface area contributed by atoms with Gasteiger partial charge in [-0.15, -0.1) is 0 Å². The Hall–Kier alpha value is -3.85. The summed E-state index contributed by atoms with van der Waals surface area (Å²) in [4.78, 5) is 13.3. The number of halogens is 1. The van der Waals surface area contributed by atoms with Crippen LogP contribution in [0.1, 0.15) is 43.7 Å². The van der Waals surface area contributed by atoms with Gasteiger partial charge in [0, 0.05) is 42.1 Å². The van der Waals surface area contributed by atoms with Crippen LogP contribution < -0.4 is 5.73 Å². The molecule has 1 aliphatic carbocycles. The fourth-order valence-electron chi connectivity index (χ4n) is 5.06. The first-order valence-electron chi connectivity index (χ1n) is 10.9. The Bertz CT molecular complexity index is 1400. The fraction of sp³-hybridized carbons (Fsp3) is 0.259. The van der Waals surface area contributed by atoms with Crippen molar-refractivity contribution >= 4 is 16.7 Å². The number of hydrogen-bond donors (Lipinski definition) is 1. The van der Waals surface area contributed by atoms with Crippen molar-refractivity contribution in [2.45, 2.75) is 39.2 Å². The molecule has 6 heteroatoms. The fourth-order valence-corrected chi connectivity index (χ4v) is 5.06. The summed E-state index contributed by atoms with van der Waals surface area (Å²) in [5.74, 6) is -0.302. The number of hydrogen-bond acceptors (Lipinski definition) is 4. The molecule has 33 heavy (non-hydrogen) atoms. The van der Waals surface area contributed by atoms with E-state index in [0.717, 1.165) is 22.0 Å². The van der Waals surface area contributed by atoms with Crippen LogP contribution in [0.15, 0.2) is 77.5 Å². The normalized spacial score (nSPS) is 19.9. The van der Waals surface area contributed by atoms with E-state index in [9.17, 15) is 14.4 Å². The molecule has 5 nitrogen and oxygen atoms in total. The van der Waals surface area contributed by atoms with E-state index >= 15 is 0 Å². The smallest absolute Gasteiger partial charge is 0.205 e. The molecule has 1 aromatic heterocycles. The minimum absolute atomic E-state index is 0.0199. The number of benzene rings is 2. The molecule has 0 fully saturated rings. The molecule has 2 heterocycles. The number of rotatable bonds is 3. The highest BCUT2D eigenvalue weighted by atomic mass is 19.1. The van der Waals surface area contributed by atoms with Crippen molar-refractivity contribution in [1.29, 1.82) is 5.26 Å². The molecule has 0 amide bonds. The van der Waals surface area contributed by atoms with Crippen LogP contribution >= 0.6 is 0 Å². The van der Waals surface area contributed by atoms with Crippen LogP contribution in [-0.2, 0) is 16.1 Å². The van der Waals surface area contributed by atoms with Gasteiger partial charge in [-0.3, -0.25) is 4.79 Å². The number of aromatic nitrogens is 1. The zero-order valence-corrected chi connectivity index (χ0v) is 18.6. The van der Waals surface area contributed by atoms with Gasteiger partial charge in [-0.25, -0.2) is 4.39 Å². The summed E-state index contributed by atoms with van der Waals surface area (Å²) in [7, 11) is 0. The third kappa shape index (κ3) is 3.60. The van der Waals surface area contributed by atoms with Crippen LogP contribution in [0.5, 0.6) is 0 Å². The standard InChI is InChI=1S/C27H24FN3O2/c1-27(2)11-22(32)25-23(12-27)33-26(30)19(13-29)24(25)20-15-31(21-9-4-3-8-18(20)21)14-16-6-5-7-17(28)10-16/h3-10,15,24H,11-12,14,30H2,1-2H3/t24-/m0/s1. The predicted octanol–water partition coefficient (Wildman–Crippen LogP) is 5.28. The summed E-state index contributed by atoms with van der Waals surface area (Å²) in [6.07, 6.45) is 2.91. The third-order valence-corrected chi connectivity index (χ3v) is 6.45. The van der Waals surface area contributed by atoms with Crippen molar-refractivity contribution in [1.82, 2.24) is 4.57 Å². The highest BCUT2D eigenvalue weighted by molar-refractivity contribution is 6.01. The molecule has 3 aromatic rings. The Morgan fingerprint density at radius 2 is 2.00 bits per heavy atom. The number of nitrogens with two attached hydrogens (primary N) is 1. The van der Waals surface area contributed by atoms with E-state index in [1.165, 1.54) is 12.1 Å². The molecule has 1 aliphatic heterocycles. The molecule has 0 radical (unpaired) electrons. The minimum Gasteiger partial charge on any atom is -0.444 e. The van der Waals surface area contributed by atoms with Gasteiger partial charge in [0.25, 0.3) is 0 Å². The second-order valence-corrected chi connectivity index (χ2v) is 9.56. The lowest BCUT2D eigenvalue weighted by Gasteiger charge is -2.37. The maximum Gasteiger partial charge on any atom is 0.205 e. The molecule has 2 aliphatic rings. The zero-order chi connectivity index (χ0) is 23.3. The Kier molecular flexibility index (Phi) is 4.86. The molecule has 2 aromatic carbocycles. The number of nitriles is 1. The second kappa shape index (κ2) is 7.63. The number of nitrogens with zero attached hydrogens (tertiary/aromatic N) is 2. The van der Waals surface area contributed by atoms with Gasteiger partial charge in [-0.2, -0.15) is 5.26 Å². The lowest BCUT2D eigenvalue weighted by molar-refractivity contribution is -0.119. The number of carbonyl (C=O) groups is 1. The quantitative estimate of drug-likeness (QED) is 0.600. The molecule has 5 rings (SSSR count). The topological polar surface area (TPSA) is 81.0 Å².